The second kappa shape index (κ2) is 7.56. The van der Waals surface area contributed by atoms with Gasteiger partial charge in [0.1, 0.15) is 11.5 Å². The summed E-state index contributed by atoms with van der Waals surface area (Å²) in [7, 11) is 0. The molecule has 0 bridgehead atoms. The highest BCUT2D eigenvalue weighted by molar-refractivity contribution is 9.10. The molecule has 21 heavy (non-hydrogen) atoms. The van der Waals surface area contributed by atoms with Crippen molar-refractivity contribution in [3.63, 3.8) is 0 Å². The maximum absolute atomic E-state index is 12.2. The first-order valence-corrected chi connectivity index (χ1v) is 7.43. The number of alkyl halides is 2. The van der Waals surface area contributed by atoms with Crippen molar-refractivity contribution >= 4 is 15.9 Å². The average Bonchev–Trinajstić information content (AvgIpc) is 2.87. The highest BCUT2D eigenvalue weighted by Gasteiger charge is 2.17. The molecule has 2 rings (SSSR count). The van der Waals surface area contributed by atoms with Gasteiger partial charge in [0, 0.05) is 0 Å². The standard InChI is InChI=1S/C15H16BrF2NO2/c1-2-9-19-14(12-7-8-13(16)21-12)10-3-5-11(6-4-10)20-15(17)18/h3-8,14-15,19H,2,9H2,1H3. The summed E-state index contributed by atoms with van der Waals surface area (Å²) >= 11 is 3.28. The van der Waals surface area contributed by atoms with E-state index in [-0.39, 0.29) is 11.8 Å². The van der Waals surface area contributed by atoms with Gasteiger partial charge in [-0.2, -0.15) is 8.78 Å². The van der Waals surface area contributed by atoms with Crippen molar-refractivity contribution in [3.05, 3.63) is 52.4 Å². The Hall–Kier alpha value is -1.40. The minimum atomic E-state index is -2.81. The third-order valence-electron chi connectivity index (χ3n) is 2.92. The van der Waals surface area contributed by atoms with Gasteiger partial charge in [0.2, 0.25) is 0 Å². The van der Waals surface area contributed by atoms with Gasteiger partial charge in [0.15, 0.2) is 4.67 Å². The van der Waals surface area contributed by atoms with Crippen LogP contribution >= 0.6 is 15.9 Å². The van der Waals surface area contributed by atoms with Crippen molar-refractivity contribution in [1.29, 1.82) is 0 Å². The Labute approximate surface area is 130 Å². The molecular weight excluding hydrogens is 344 g/mol. The zero-order valence-corrected chi connectivity index (χ0v) is 13.1. The van der Waals surface area contributed by atoms with Gasteiger partial charge >= 0.3 is 6.61 Å². The van der Waals surface area contributed by atoms with Crippen LogP contribution in [0.15, 0.2) is 45.5 Å². The van der Waals surface area contributed by atoms with Crippen LogP contribution in [0.25, 0.3) is 0 Å². The predicted molar refractivity (Wildman–Crippen MR) is 79.6 cm³/mol. The van der Waals surface area contributed by atoms with E-state index in [9.17, 15) is 8.78 Å². The Morgan fingerprint density at radius 1 is 1.19 bits per heavy atom. The summed E-state index contributed by atoms with van der Waals surface area (Å²) < 4.78 is 34.9. The molecule has 0 saturated heterocycles. The van der Waals surface area contributed by atoms with Gasteiger partial charge in [-0.3, -0.25) is 0 Å². The summed E-state index contributed by atoms with van der Waals surface area (Å²) in [5.41, 5.74) is 0.923. The number of furan rings is 1. The molecular formula is C15H16BrF2NO2. The van der Waals surface area contributed by atoms with Crippen LogP contribution in [0.4, 0.5) is 8.78 Å². The number of benzene rings is 1. The summed E-state index contributed by atoms with van der Waals surface area (Å²) in [6.45, 7) is 0.0749. The summed E-state index contributed by atoms with van der Waals surface area (Å²) in [4.78, 5) is 0. The highest BCUT2D eigenvalue weighted by atomic mass is 79.9. The van der Waals surface area contributed by atoms with E-state index in [2.05, 4.69) is 32.9 Å². The van der Waals surface area contributed by atoms with Crippen LogP contribution in [0, 0.1) is 0 Å². The monoisotopic (exact) mass is 359 g/mol. The van der Waals surface area contributed by atoms with Crippen molar-refractivity contribution in [2.45, 2.75) is 26.0 Å². The average molecular weight is 360 g/mol. The van der Waals surface area contributed by atoms with E-state index in [0.29, 0.717) is 4.67 Å². The molecule has 1 aromatic carbocycles. The van der Waals surface area contributed by atoms with Crippen molar-refractivity contribution in [2.75, 3.05) is 6.54 Å². The van der Waals surface area contributed by atoms with Gasteiger partial charge in [-0.1, -0.05) is 19.1 Å². The van der Waals surface area contributed by atoms with E-state index in [1.165, 1.54) is 12.1 Å². The third kappa shape index (κ3) is 4.54. The molecule has 0 aliphatic rings. The van der Waals surface area contributed by atoms with Crippen molar-refractivity contribution in [1.82, 2.24) is 5.32 Å². The molecule has 6 heteroatoms. The summed E-state index contributed by atoms with van der Waals surface area (Å²) in [5, 5.41) is 3.37. The third-order valence-corrected chi connectivity index (χ3v) is 3.34. The Balaban J connectivity index is 2.20. The number of hydrogen-bond donors (Lipinski definition) is 1. The van der Waals surface area contributed by atoms with E-state index >= 15 is 0 Å². The van der Waals surface area contributed by atoms with Crippen LogP contribution in [0.1, 0.15) is 30.7 Å². The Morgan fingerprint density at radius 3 is 2.43 bits per heavy atom. The van der Waals surface area contributed by atoms with Crippen molar-refractivity contribution < 1.29 is 17.9 Å². The number of ether oxygens (including phenoxy) is 1. The smallest absolute Gasteiger partial charge is 0.387 e. The lowest BCUT2D eigenvalue weighted by Gasteiger charge is -2.17. The largest absolute Gasteiger partial charge is 0.452 e. The molecule has 0 aliphatic heterocycles. The second-order valence-electron chi connectivity index (χ2n) is 4.48. The van der Waals surface area contributed by atoms with Crippen LogP contribution in [0.5, 0.6) is 5.75 Å². The Kier molecular flexibility index (Phi) is 5.76. The van der Waals surface area contributed by atoms with Gasteiger partial charge < -0.3 is 14.5 Å². The predicted octanol–water partition coefficient (Wildman–Crippen LogP) is 4.73. The van der Waals surface area contributed by atoms with Gasteiger partial charge in [-0.15, -0.1) is 0 Å². The molecule has 1 unspecified atom stereocenters. The lowest BCUT2D eigenvalue weighted by Crippen LogP contribution is -2.22. The first-order chi connectivity index (χ1) is 10.1. The van der Waals surface area contributed by atoms with E-state index in [1.54, 1.807) is 12.1 Å². The summed E-state index contributed by atoms with van der Waals surface area (Å²) in [6, 6.07) is 10.1. The first-order valence-electron chi connectivity index (χ1n) is 6.63. The van der Waals surface area contributed by atoms with E-state index in [1.807, 2.05) is 12.1 Å². The van der Waals surface area contributed by atoms with E-state index in [0.717, 1.165) is 24.3 Å². The van der Waals surface area contributed by atoms with Crippen LogP contribution in [-0.2, 0) is 0 Å². The maximum Gasteiger partial charge on any atom is 0.387 e. The molecule has 1 N–H and O–H groups in total. The minimum absolute atomic E-state index is 0.128. The fourth-order valence-electron chi connectivity index (χ4n) is 2.00. The Bertz CT molecular complexity index is 557. The topological polar surface area (TPSA) is 34.4 Å². The molecule has 2 aromatic rings. The molecule has 0 spiro atoms. The molecule has 0 amide bonds. The zero-order chi connectivity index (χ0) is 15.2. The number of nitrogens with one attached hydrogen (secondary N) is 1. The van der Waals surface area contributed by atoms with Gasteiger partial charge in [-0.25, -0.2) is 0 Å². The molecule has 1 atom stereocenters. The summed E-state index contributed by atoms with van der Waals surface area (Å²) in [6.07, 6.45) is 0.977. The molecule has 114 valence electrons. The van der Waals surface area contributed by atoms with Crippen LogP contribution < -0.4 is 10.1 Å². The van der Waals surface area contributed by atoms with Crippen molar-refractivity contribution in [2.24, 2.45) is 0 Å². The fourth-order valence-corrected chi connectivity index (χ4v) is 2.32. The van der Waals surface area contributed by atoms with Crippen molar-refractivity contribution in [3.8, 4) is 5.75 Å². The number of hydrogen-bond acceptors (Lipinski definition) is 3. The SMILES string of the molecule is CCCNC(c1ccc(OC(F)F)cc1)c1ccc(Br)o1. The number of halogens is 3. The first kappa shape index (κ1) is 16.0. The highest BCUT2D eigenvalue weighted by Crippen LogP contribution is 2.27. The van der Waals surface area contributed by atoms with Gasteiger partial charge in [-0.05, 0) is 58.7 Å². The zero-order valence-electron chi connectivity index (χ0n) is 11.5. The molecule has 0 fully saturated rings. The van der Waals surface area contributed by atoms with Crippen LogP contribution in [0.3, 0.4) is 0 Å². The van der Waals surface area contributed by atoms with E-state index in [4.69, 9.17) is 4.42 Å². The number of rotatable bonds is 7. The second-order valence-corrected chi connectivity index (χ2v) is 5.26. The summed E-state index contributed by atoms with van der Waals surface area (Å²) in [5.74, 6) is 0.904. The van der Waals surface area contributed by atoms with Crippen LogP contribution in [-0.4, -0.2) is 13.2 Å². The molecule has 0 radical (unpaired) electrons. The maximum atomic E-state index is 12.2. The molecule has 3 nitrogen and oxygen atoms in total. The normalized spacial score (nSPS) is 12.6. The molecule has 0 aliphatic carbocycles. The van der Waals surface area contributed by atoms with Gasteiger partial charge in [0.05, 0.1) is 6.04 Å². The molecule has 1 heterocycles. The fraction of sp³-hybridized carbons (Fsp3) is 0.333. The van der Waals surface area contributed by atoms with Gasteiger partial charge in [0.25, 0.3) is 0 Å². The Morgan fingerprint density at radius 2 is 1.90 bits per heavy atom. The quantitative estimate of drug-likeness (QED) is 0.775. The minimum Gasteiger partial charge on any atom is -0.452 e. The van der Waals surface area contributed by atoms with Crippen LogP contribution in [0.2, 0.25) is 0 Å². The molecule has 0 saturated carbocycles. The lowest BCUT2D eigenvalue weighted by molar-refractivity contribution is -0.0498. The lowest BCUT2D eigenvalue weighted by atomic mass is 10.0. The molecule has 1 aromatic heterocycles. The van der Waals surface area contributed by atoms with E-state index < -0.39 is 6.61 Å².